The Balaban J connectivity index is 1.69. The average molecular weight is 327 g/mol. The van der Waals surface area contributed by atoms with Crippen molar-refractivity contribution in [3.63, 3.8) is 0 Å². The quantitative estimate of drug-likeness (QED) is 0.941. The molecule has 3 rings (SSSR count). The van der Waals surface area contributed by atoms with Gasteiger partial charge in [0.1, 0.15) is 11.6 Å². The summed E-state index contributed by atoms with van der Waals surface area (Å²) in [7, 11) is 0. The summed E-state index contributed by atoms with van der Waals surface area (Å²) in [5.74, 6) is 1.72. The van der Waals surface area contributed by atoms with E-state index in [4.69, 9.17) is 23.2 Å². The van der Waals surface area contributed by atoms with Gasteiger partial charge in [0.05, 0.1) is 19.2 Å². The van der Waals surface area contributed by atoms with Crippen LogP contribution in [0.2, 0.25) is 10.0 Å². The summed E-state index contributed by atoms with van der Waals surface area (Å²) >= 11 is 12.0. The lowest BCUT2D eigenvalue weighted by molar-refractivity contribution is 0.0945. The summed E-state index contributed by atoms with van der Waals surface area (Å²) in [4.78, 5) is 6.55. The molecule has 2 heterocycles. The van der Waals surface area contributed by atoms with E-state index in [1.165, 1.54) is 0 Å². The van der Waals surface area contributed by atoms with E-state index in [1.807, 2.05) is 11.6 Å². The third-order valence-corrected chi connectivity index (χ3v) is 4.16. The maximum atomic E-state index is 10.4. The maximum Gasteiger partial charge on any atom is 0.147 e. The molecule has 5 nitrogen and oxygen atoms in total. The van der Waals surface area contributed by atoms with Crippen molar-refractivity contribution in [2.75, 3.05) is 13.1 Å². The fraction of sp³-hybridized carbons (Fsp3) is 0.429. The fourth-order valence-corrected chi connectivity index (χ4v) is 3.12. The number of aryl methyl sites for hydroxylation is 1. The van der Waals surface area contributed by atoms with Crippen molar-refractivity contribution in [2.24, 2.45) is 0 Å². The van der Waals surface area contributed by atoms with Gasteiger partial charge in [-0.15, -0.1) is 0 Å². The summed E-state index contributed by atoms with van der Waals surface area (Å²) in [5.41, 5.74) is 0.698. The zero-order valence-electron chi connectivity index (χ0n) is 11.6. The molecule has 21 heavy (non-hydrogen) atoms. The Morgan fingerprint density at radius 1 is 1.33 bits per heavy atom. The Hall–Kier alpha value is -1.14. The molecule has 2 aromatic rings. The summed E-state index contributed by atoms with van der Waals surface area (Å²) < 4.78 is 1.92. The van der Waals surface area contributed by atoms with Gasteiger partial charge in [-0.3, -0.25) is 4.90 Å². The van der Waals surface area contributed by atoms with Crippen LogP contribution in [0.3, 0.4) is 0 Å². The van der Waals surface area contributed by atoms with Crippen molar-refractivity contribution >= 4 is 23.2 Å². The minimum Gasteiger partial charge on any atom is -0.387 e. The summed E-state index contributed by atoms with van der Waals surface area (Å²) in [6.45, 7) is 4.70. The molecular weight excluding hydrogens is 311 g/mol. The first-order valence-electron chi connectivity index (χ1n) is 6.78. The lowest BCUT2D eigenvalue weighted by Gasteiger charge is -2.28. The van der Waals surface area contributed by atoms with Crippen LogP contribution in [0.5, 0.6) is 0 Å². The number of hydrogen-bond donors (Lipinski definition) is 1. The minimum absolute atomic E-state index is 0.492. The van der Waals surface area contributed by atoms with Gasteiger partial charge in [-0.2, -0.15) is 5.10 Å². The van der Waals surface area contributed by atoms with Crippen LogP contribution in [-0.4, -0.2) is 37.9 Å². The van der Waals surface area contributed by atoms with Gasteiger partial charge in [0, 0.05) is 28.7 Å². The Kier molecular flexibility index (Phi) is 4.17. The van der Waals surface area contributed by atoms with Crippen molar-refractivity contribution in [3.05, 3.63) is 45.5 Å². The summed E-state index contributed by atoms with van der Waals surface area (Å²) in [5, 5.41) is 15.8. The molecule has 0 saturated carbocycles. The van der Waals surface area contributed by atoms with E-state index < -0.39 is 6.10 Å². The monoisotopic (exact) mass is 326 g/mol. The van der Waals surface area contributed by atoms with E-state index in [0.29, 0.717) is 28.7 Å². The van der Waals surface area contributed by atoms with E-state index in [-0.39, 0.29) is 0 Å². The Labute approximate surface area is 133 Å². The molecular formula is C14H16Cl2N4O. The van der Waals surface area contributed by atoms with Gasteiger partial charge in [-0.1, -0.05) is 29.3 Å². The highest BCUT2D eigenvalue weighted by molar-refractivity contribution is 6.35. The van der Waals surface area contributed by atoms with Gasteiger partial charge in [0.2, 0.25) is 0 Å². The number of rotatable bonds is 3. The van der Waals surface area contributed by atoms with Crippen LogP contribution in [0.1, 0.15) is 23.3 Å². The second kappa shape index (κ2) is 5.93. The lowest BCUT2D eigenvalue weighted by atomic mass is 10.1. The second-order valence-electron chi connectivity index (χ2n) is 5.22. The van der Waals surface area contributed by atoms with Gasteiger partial charge in [0.25, 0.3) is 0 Å². The topological polar surface area (TPSA) is 54.2 Å². The third-order valence-electron chi connectivity index (χ3n) is 3.60. The van der Waals surface area contributed by atoms with E-state index >= 15 is 0 Å². The van der Waals surface area contributed by atoms with E-state index in [1.54, 1.807) is 18.2 Å². The van der Waals surface area contributed by atoms with Crippen LogP contribution in [0.4, 0.5) is 0 Å². The molecule has 112 valence electrons. The molecule has 0 amide bonds. The molecule has 0 saturated heterocycles. The van der Waals surface area contributed by atoms with Gasteiger partial charge < -0.3 is 5.11 Å². The first kappa shape index (κ1) is 14.8. The molecule has 1 N–H and O–H groups in total. The highest BCUT2D eigenvalue weighted by atomic mass is 35.5. The zero-order chi connectivity index (χ0) is 15.0. The molecule has 0 radical (unpaired) electrons. The van der Waals surface area contributed by atoms with Crippen LogP contribution < -0.4 is 0 Å². The SMILES string of the molecule is Cc1nc2n(n1)CCN(CC(O)c1ccc(Cl)cc1Cl)C2. The van der Waals surface area contributed by atoms with Crippen LogP contribution in [0.25, 0.3) is 0 Å². The smallest absolute Gasteiger partial charge is 0.147 e. The number of aliphatic hydroxyl groups excluding tert-OH is 1. The zero-order valence-corrected chi connectivity index (χ0v) is 13.1. The number of halogens is 2. The highest BCUT2D eigenvalue weighted by Crippen LogP contribution is 2.27. The van der Waals surface area contributed by atoms with E-state index in [2.05, 4.69) is 15.0 Å². The molecule has 0 aliphatic carbocycles. The largest absolute Gasteiger partial charge is 0.387 e. The third kappa shape index (κ3) is 3.21. The number of nitrogens with zero attached hydrogens (tertiary/aromatic N) is 4. The summed E-state index contributed by atoms with van der Waals surface area (Å²) in [6, 6.07) is 5.16. The average Bonchev–Trinajstić information content (AvgIpc) is 2.77. The molecule has 1 aromatic heterocycles. The van der Waals surface area contributed by atoms with Crippen LogP contribution in [0.15, 0.2) is 18.2 Å². The van der Waals surface area contributed by atoms with Crippen molar-refractivity contribution in [1.82, 2.24) is 19.7 Å². The molecule has 1 aliphatic rings. The minimum atomic E-state index is -0.648. The van der Waals surface area contributed by atoms with Crippen molar-refractivity contribution in [3.8, 4) is 0 Å². The van der Waals surface area contributed by atoms with Crippen LogP contribution >= 0.6 is 23.2 Å². The van der Waals surface area contributed by atoms with E-state index in [9.17, 15) is 5.11 Å². The number of benzene rings is 1. The molecule has 1 aliphatic heterocycles. The summed E-state index contributed by atoms with van der Waals surface area (Å²) in [6.07, 6.45) is -0.648. The predicted molar refractivity (Wildman–Crippen MR) is 81.5 cm³/mol. The van der Waals surface area contributed by atoms with Crippen molar-refractivity contribution in [2.45, 2.75) is 26.1 Å². The Morgan fingerprint density at radius 3 is 2.90 bits per heavy atom. The first-order valence-corrected chi connectivity index (χ1v) is 7.54. The number of aliphatic hydroxyl groups is 1. The molecule has 1 atom stereocenters. The molecule has 0 spiro atoms. The predicted octanol–water partition coefficient (Wildman–Crippen LogP) is 2.44. The van der Waals surface area contributed by atoms with Gasteiger partial charge in [-0.05, 0) is 19.1 Å². The standard InChI is InChI=1S/C14H16Cl2N4O/c1-9-17-14-8-19(4-5-20(14)18-9)7-13(21)11-3-2-10(15)6-12(11)16/h2-3,6,13,21H,4-5,7-8H2,1H3. The number of aromatic nitrogens is 3. The number of β-amino-alcohol motifs (C(OH)–C–C–N with tert-alkyl or cyclic N) is 1. The van der Waals surface area contributed by atoms with Crippen molar-refractivity contribution < 1.29 is 5.11 Å². The molecule has 1 aromatic carbocycles. The van der Waals surface area contributed by atoms with Gasteiger partial charge >= 0.3 is 0 Å². The van der Waals surface area contributed by atoms with Crippen LogP contribution in [-0.2, 0) is 13.1 Å². The maximum absolute atomic E-state index is 10.4. The number of fused-ring (bicyclic) bond motifs is 1. The fourth-order valence-electron chi connectivity index (χ4n) is 2.58. The van der Waals surface area contributed by atoms with Crippen molar-refractivity contribution in [1.29, 1.82) is 0 Å². The van der Waals surface area contributed by atoms with E-state index in [0.717, 1.165) is 24.7 Å². The molecule has 0 fully saturated rings. The molecule has 0 bridgehead atoms. The second-order valence-corrected chi connectivity index (χ2v) is 6.06. The highest BCUT2D eigenvalue weighted by Gasteiger charge is 2.22. The molecule has 1 unspecified atom stereocenters. The lowest BCUT2D eigenvalue weighted by Crippen LogP contribution is -2.37. The molecule has 7 heteroatoms. The Bertz CT molecular complexity index is 658. The first-order chi connectivity index (χ1) is 10.0. The Morgan fingerprint density at radius 2 is 2.14 bits per heavy atom. The van der Waals surface area contributed by atoms with Crippen LogP contribution in [0, 0.1) is 6.92 Å². The normalized spacial score (nSPS) is 16.8. The van der Waals surface area contributed by atoms with Gasteiger partial charge in [-0.25, -0.2) is 9.67 Å². The van der Waals surface area contributed by atoms with Gasteiger partial charge in [0.15, 0.2) is 0 Å². The number of hydrogen-bond acceptors (Lipinski definition) is 4.